The fourth-order valence-corrected chi connectivity index (χ4v) is 2.54. The summed E-state index contributed by atoms with van der Waals surface area (Å²) >= 11 is 0. The molecule has 0 aliphatic carbocycles. The summed E-state index contributed by atoms with van der Waals surface area (Å²) < 4.78 is 5.65. The predicted molar refractivity (Wildman–Crippen MR) is 68.5 cm³/mol. The highest BCUT2D eigenvalue weighted by Crippen LogP contribution is 2.26. The van der Waals surface area contributed by atoms with Gasteiger partial charge in [-0.1, -0.05) is 27.2 Å². The van der Waals surface area contributed by atoms with Crippen molar-refractivity contribution in [1.29, 1.82) is 0 Å². The average molecular weight is 228 g/mol. The minimum atomic E-state index is 0.108. The minimum absolute atomic E-state index is 0.108. The van der Waals surface area contributed by atoms with E-state index in [0.29, 0.717) is 0 Å². The van der Waals surface area contributed by atoms with Gasteiger partial charge in [0.1, 0.15) is 0 Å². The van der Waals surface area contributed by atoms with Crippen molar-refractivity contribution >= 4 is 0 Å². The lowest BCUT2D eigenvalue weighted by Crippen LogP contribution is -2.59. The van der Waals surface area contributed by atoms with E-state index in [1.807, 2.05) is 0 Å². The molecule has 0 bridgehead atoms. The highest BCUT2D eigenvalue weighted by Gasteiger charge is 2.37. The number of hydrogen-bond acceptors (Lipinski definition) is 3. The Labute approximate surface area is 100 Å². The van der Waals surface area contributed by atoms with Gasteiger partial charge in [0.2, 0.25) is 0 Å². The monoisotopic (exact) mass is 228 g/mol. The topological polar surface area (TPSA) is 38.5 Å². The zero-order chi connectivity index (χ0) is 12.0. The van der Waals surface area contributed by atoms with Gasteiger partial charge in [0.25, 0.3) is 0 Å². The van der Waals surface area contributed by atoms with E-state index in [1.54, 1.807) is 0 Å². The Kier molecular flexibility index (Phi) is 5.73. The van der Waals surface area contributed by atoms with Crippen LogP contribution >= 0.6 is 0 Å². The van der Waals surface area contributed by atoms with Crippen molar-refractivity contribution in [3.8, 4) is 0 Å². The Balaban J connectivity index is 2.65. The van der Waals surface area contributed by atoms with E-state index in [0.717, 1.165) is 45.2 Å². The number of nitrogens with two attached hydrogens (primary N) is 1. The van der Waals surface area contributed by atoms with Crippen LogP contribution in [0.15, 0.2) is 0 Å². The largest absolute Gasteiger partial charge is 0.379 e. The molecule has 2 unspecified atom stereocenters. The zero-order valence-electron chi connectivity index (χ0n) is 11.2. The maximum atomic E-state index is 6.01. The number of ether oxygens (including phenoxy) is 1. The molecule has 1 saturated heterocycles. The second kappa shape index (κ2) is 6.58. The van der Waals surface area contributed by atoms with Crippen LogP contribution in [0.2, 0.25) is 0 Å². The van der Waals surface area contributed by atoms with Crippen molar-refractivity contribution in [2.24, 2.45) is 11.7 Å². The van der Waals surface area contributed by atoms with Crippen molar-refractivity contribution in [2.75, 3.05) is 32.8 Å². The van der Waals surface area contributed by atoms with Gasteiger partial charge in [0.05, 0.1) is 12.1 Å². The SMILES string of the molecule is CCC(C)CN(CC)C1(CN)CCCOC1. The summed E-state index contributed by atoms with van der Waals surface area (Å²) in [5.74, 6) is 0.741. The van der Waals surface area contributed by atoms with Gasteiger partial charge in [-0.05, 0) is 25.3 Å². The van der Waals surface area contributed by atoms with Gasteiger partial charge in [-0.2, -0.15) is 0 Å². The normalized spacial score (nSPS) is 28.3. The van der Waals surface area contributed by atoms with Gasteiger partial charge in [-0.25, -0.2) is 0 Å². The third-order valence-corrected chi connectivity index (χ3v) is 3.96. The molecule has 2 N–H and O–H groups in total. The summed E-state index contributed by atoms with van der Waals surface area (Å²) in [6.45, 7) is 11.5. The van der Waals surface area contributed by atoms with Gasteiger partial charge in [0, 0.05) is 19.7 Å². The number of nitrogens with zero attached hydrogens (tertiary/aromatic N) is 1. The van der Waals surface area contributed by atoms with Crippen molar-refractivity contribution in [2.45, 2.75) is 45.6 Å². The van der Waals surface area contributed by atoms with E-state index in [1.165, 1.54) is 12.8 Å². The van der Waals surface area contributed by atoms with Gasteiger partial charge in [-0.15, -0.1) is 0 Å². The van der Waals surface area contributed by atoms with Crippen LogP contribution in [0.4, 0.5) is 0 Å². The quantitative estimate of drug-likeness (QED) is 0.754. The molecule has 96 valence electrons. The Morgan fingerprint density at radius 2 is 2.19 bits per heavy atom. The van der Waals surface area contributed by atoms with E-state index in [9.17, 15) is 0 Å². The van der Waals surface area contributed by atoms with Crippen LogP contribution in [0, 0.1) is 5.92 Å². The lowest BCUT2D eigenvalue weighted by molar-refractivity contribution is -0.0479. The highest BCUT2D eigenvalue weighted by atomic mass is 16.5. The summed E-state index contributed by atoms with van der Waals surface area (Å²) in [4.78, 5) is 2.54. The molecule has 2 atom stereocenters. The molecular formula is C13H28N2O. The van der Waals surface area contributed by atoms with Crippen LogP contribution in [0.1, 0.15) is 40.0 Å². The Morgan fingerprint density at radius 3 is 2.62 bits per heavy atom. The first kappa shape index (κ1) is 13.9. The molecule has 3 nitrogen and oxygen atoms in total. The van der Waals surface area contributed by atoms with Crippen molar-refractivity contribution in [1.82, 2.24) is 4.90 Å². The summed E-state index contributed by atoms with van der Waals surface area (Å²) in [5, 5.41) is 0. The minimum Gasteiger partial charge on any atom is -0.379 e. The van der Waals surface area contributed by atoms with E-state index in [-0.39, 0.29) is 5.54 Å². The molecular weight excluding hydrogens is 200 g/mol. The van der Waals surface area contributed by atoms with Crippen LogP contribution in [0.5, 0.6) is 0 Å². The number of hydrogen-bond donors (Lipinski definition) is 1. The second-order valence-electron chi connectivity index (χ2n) is 5.14. The Bertz CT molecular complexity index is 190. The second-order valence-corrected chi connectivity index (χ2v) is 5.14. The Morgan fingerprint density at radius 1 is 1.44 bits per heavy atom. The van der Waals surface area contributed by atoms with E-state index in [4.69, 9.17) is 10.5 Å². The predicted octanol–water partition coefficient (Wildman–Crippen LogP) is 1.86. The van der Waals surface area contributed by atoms with Crippen LogP contribution in [0.3, 0.4) is 0 Å². The van der Waals surface area contributed by atoms with Crippen LogP contribution in [0.25, 0.3) is 0 Å². The lowest BCUT2D eigenvalue weighted by Gasteiger charge is -2.46. The number of likely N-dealkylation sites (N-methyl/N-ethyl adjacent to an activating group) is 1. The Hall–Kier alpha value is -0.120. The third-order valence-electron chi connectivity index (χ3n) is 3.96. The summed E-state index contributed by atoms with van der Waals surface area (Å²) in [6, 6.07) is 0. The molecule has 0 spiro atoms. The molecule has 0 aromatic heterocycles. The molecule has 0 aromatic rings. The first-order valence-corrected chi connectivity index (χ1v) is 6.71. The zero-order valence-corrected chi connectivity index (χ0v) is 11.2. The first-order chi connectivity index (χ1) is 7.68. The molecule has 1 fully saturated rings. The smallest absolute Gasteiger partial charge is 0.0662 e. The average Bonchev–Trinajstić information content (AvgIpc) is 2.36. The highest BCUT2D eigenvalue weighted by molar-refractivity contribution is 4.93. The summed E-state index contributed by atoms with van der Waals surface area (Å²) in [7, 11) is 0. The maximum absolute atomic E-state index is 6.01. The molecule has 1 rings (SSSR count). The van der Waals surface area contributed by atoms with Crippen LogP contribution in [-0.4, -0.2) is 43.3 Å². The fourth-order valence-electron chi connectivity index (χ4n) is 2.54. The lowest BCUT2D eigenvalue weighted by atomic mass is 9.89. The van der Waals surface area contributed by atoms with E-state index >= 15 is 0 Å². The van der Waals surface area contributed by atoms with E-state index < -0.39 is 0 Å². The van der Waals surface area contributed by atoms with Gasteiger partial charge >= 0.3 is 0 Å². The van der Waals surface area contributed by atoms with Gasteiger partial charge in [0.15, 0.2) is 0 Å². The van der Waals surface area contributed by atoms with Crippen molar-refractivity contribution in [3.63, 3.8) is 0 Å². The molecule has 16 heavy (non-hydrogen) atoms. The molecule has 1 heterocycles. The van der Waals surface area contributed by atoms with Crippen molar-refractivity contribution < 1.29 is 4.74 Å². The van der Waals surface area contributed by atoms with Crippen molar-refractivity contribution in [3.05, 3.63) is 0 Å². The first-order valence-electron chi connectivity index (χ1n) is 6.71. The summed E-state index contributed by atoms with van der Waals surface area (Å²) in [5.41, 5.74) is 6.12. The third kappa shape index (κ3) is 3.19. The fraction of sp³-hybridized carbons (Fsp3) is 1.00. The molecule has 1 aliphatic rings. The van der Waals surface area contributed by atoms with Crippen LogP contribution in [-0.2, 0) is 4.74 Å². The molecule has 0 radical (unpaired) electrons. The molecule has 3 heteroatoms. The maximum Gasteiger partial charge on any atom is 0.0662 e. The van der Waals surface area contributed by atoms with E-state index in [2.05, 4.69) is 25.7 Å². The standard InChI is InChI=1S/C13H28N2O/c1-4-12(3)9-15(5-2)13(10-14)7-6-8-16-11-13/h12H,4-11,14H2,1-3H3. The molecule has 0 saturated carbocycles. The van der Waals surface area contributed by atoms with Crippen LogP contribution < -0.4 is 5.73 Å². The van der Waals surface area contributed by atoms with Gasteiger partial charge < -0.3 is 10.5 Å². The molecule has 0 amide bonds. The number of rotatable bonds is 6. The summed E-state index contributed by atoms with van der Waals surface area (Å²) in [6.07, 6.45) is 3.57. The molecule has 0 aromatic carbocycles. The molecule has 1 aliphatic heterocycles. The van der Waals surface area contributed by atoms with Gasteiger partial charge in [-0.3, -0.25) is 4.90 Å².